The summed E-state index contributed by atoms with van der Waals surface area (Å²) in [4.78, 5) is 18.4. The first-order valence-electron chi connectivity index (χ1n) is 7.52. The van der Waals surface area contributed by atoms with Gasteiger partial charge >= 0.3 is 0 Å². The lowest BCUT2D eigenvalue weighted by molar-refractivity contribution is -0.132. The maximum absolute atomic E-state index is 12.2. The Bertz CT molecular complexity index is 446. The summed E-state index contributed by atoms with van der Waals surface area (Å²) >= 11 is 0. The molecule has 1 aliphatic rings. The number of nitrogens with zero attached hydrogens (tertiary/aromatic N) is 3. The fourth-order valence-corrected chi connectivity index (χ4v) is 2.66. The number of carbonyl (C=O) groups is 1. The summed E-state index contributed by atoms with van der Waals surface area (Å²) in [6, 6.07) is 0. The van der Waals surface area contributed by atoms with Gasteiger partial charge in [0.1, 0.15) is 0 Å². The standard InChI is InChI=1S/C15H26N4O/c1-15(2,16-3)13-11-17-12-19(13)10-7-14(20)18-8-5-4-6-9-18/h11-12,16H,4-10H2,1-3H3. The predicted molar refractivity (Wildman–Crippen MR) is 79.4 cm³/mol. The smallest absolute Gasteiger partial charge is 0.224 e. The van der Waals surface area contributed by atoms with Crippen molar-refractivity contribution in [2.45, 2.75) is 51.6 Å². The molecular weight excluding hydrogens is 252 g/mol. The van der Waals surface area contributed by atoms with E-state index in [1.54, 1.807) is 0 Å². The van der Waals surface area contributed by atoms with Crippen molar-refractivity contribution in [2.24, 2.45) is 0 Å². The highest BCUT2D eigenvalue weighted by Crippen LogP contribution is 2.19. The molecule has 1 aromatic rings. The average Bonchev–Trinajstić information content (AvgIpc) is 2.95. The Morgan fingerprint density at radius 2 is 2.05 bits per heavy atom. The van der Waals surface area contributed by atoms with E-state index in [0.717, 1.165) is 31.6 Å². The molecule has 5 heteroatoms. The van der Waals surface area contributed by atoms with Gasteiger partial charge in [0.15, 0.2) is 0 Å². The lowest BCUT2D eigenvalue weighted by Crippen LogP contribution is -2.37. The highest BCUT2D eigenvalue weighted by atomic mass is 16.2. The minimum atomic E-state index is -0.134. The van der Waals surface area contributed by atoms with Crippen molar-refractivity contribution < 1.29 is 4.79 Å². The third-order valence-corrected chi connectivity index (χ3v) is 4.25. The Morgan fingerprint density at radius 1 is 1.35 bits per heavy atom. The highest BCUT2D eigenvalue weighted by molar-refractivity contribution is 5.76. The van der Waals surface area contributed by atoms with E-state index in [9.17, 15) is 4.79 Å². The molecule has 2 heterocycles. The van der Waals surface area contributed by atoms with Gasteiger partial charge in [-0.15, -0.1) is 0 Å². The Balaban J connectivity index is 1.94. The number of aryl methyl sites for hydroxylation is 1. The number of piperidine rings is 1. The molecule has 112 valence electrons. The van der Waals surface area contributed by atoms with Crippen LogP contribution in [-0.2, 0) is 16.9 Å². The predicted octanol–water partition coefficient (Wildman–Crippen LogP) is 1.74. The molecule has 0 radical (unpaired) electrons. The lowest BCUT2D eigenvalue weighted by Gasteiger charge is -2.28. The van der Waals surface area contributed by atoms with Crippen molar-refractivity contribution >= 4 is 5.91 Å². The van der Waals surface area contributed by atoms with Crippen molar-refractivity contribution in [3.63, 3.8) is 0 Å². The Morgan fingerprint density at radius 3 is 2.70 bits per heavy atom. The normalized spacial score (nSPS) is 16.4. The monoisotopic (exact) mass is 278 g/mol. The lowest BCUT2D eigenvalue weighted by atomic mass is 10.0. The van der Waals surface area contributed by atoms with Crippen LogP contribution >= 0.6 is 0 Å². The molecule has 0 aromatic carbocycles. The topological polar surface area (TPSA) is 50.2 Å². The van der Waals surface area contributed by atoms with Gasteiger partial charge in [-0.2, -0.15) is 0 Å². The molecule has 20 heavy (non-hydrogen) atoms. The molecule has 0 unspecified atom stereocenters. The maximum atomic E-state index is 12.2. The van der Waals surface area contributed by atoms with Gasteiger partial charge in [0.2, 0.25) is 5.91 Å². The van der Waals surface area contributed by atoms with Crippen LogP contribution in [0.25, 0.3) is 0 Å². The van der Waals surface area contributed by atoms with Crippen LogP contribution in [0.1, 0.15) is 45.2 Å². The van der Waals surface area contributed by atoms with Gasteiger partial charge in [-0.1, -0.05) is 0 Å². The van der Waals surface area contributed by atoms with Gasteiger partial charge < -0.3 is 14.8 Å². The van der Waals surface area contributed by atoms with Gasteiger partial charge in [0.25, 0.3) is 0 Å². The summed E-state index contributed by atoms with van der Waals surface area (Å²) in [5.74, 6) is 0.270. The second kappa shape index (κ2) is 6.39. The fraction of sp³-hybridized carbons (Fsp3) is 0.733. The number of rotatable bonds is 5. The van der Waals surface area contributed by atoms with Crippen molar-refractivity contribution in [3.8, 4) is 0 Å². The summed E-state index contributed by atoms with van der Waals surface area (Å²) in [5, 5.41) is 3.28. The maximum Gasteiger partial charge on any atom is 0.224 e. The molecule has 1 aromatic heterocycles. The van der Waals surface area contributed by atoms with E-state index in [0.29, 0.717) is 13.0 Å². The molecule has 0 atom stereocenters. The average molecular weight is 278 g/mol. The molecule has 1 amide bonds. The molecule has 0 bridgehead atoms. The quantitative estimate of drug-likeness (QED) is 0.892. The van der Waals surface area contributed by atoms with Crippen LogP contribution in [0, 0.1) is 0 Å². The summed E-state index contributed by atoms with van der Waals surface area (Å²) in [6.07, 6.45) is 7.80. The van der Waals surface area contributed by atoms with Gasteiger partial charge in [-0.25, -0.2) is 4.98 Å². The first-order chi connectivity index (χ1) is 9.54. The minimum absolute atomic E-state index is 0.134. The first kappa shape index (κ1) is 15.0. The number of amides is 1. The second-order valence-corrected chi connectivity index (χ2v) is 6.04. The number of hydrogen-bond donors (Lipinski definition) is 1. The van der Waals surface area contributed by atoms with Gasteiger partial charge in [0.05, 0.1) is 17.6 Å². The molecule has 5 nitrogen and oxygen atoms in total. The number of nitrogens with one attached hydrogen (secondary N) is 1. The number of hydrogen-bond acceptors (Lipinski definition) is 3. The zero-order chi connectivity index (χ0) is 14.6. The van der Waals surface area contributed by atoms with Crippen molar-refractivity contribution in [1.82, 2.24) is 19.8 Å². The van der Waals surface area contributed by atoms with E-state index in [1.807, 2.05) is 24.5 Å². The Labute approximate surface area is 121 Å². The van der Waals surface area contributed by atoms with Crippen LogP contribution in [0.2, 0.25) is 0 Å². The van der Waals surface area contributed by atoms with Crippen LogP contribution < -0.4 is 5.32 Å². The molecule has 0 spiro atoms. The third-order valence-electron chi connectivity index (χ3n) is 4.25. The van der Waals surface area contributed by atoms with Crippen molar-refractivity contribution in [2.75, 3.05) is 20.1 Å². The number of carbonyl (C=O) groups excluding carboxylic acids is 1. The van der Waals surface area contributed by atoms with E-state index >= 15 is 0 Å². The van der Waals surface area contributed by atoms with Crippen LogP contribution in [0.5, 0.6) is 0 Å². The largest absolute Gasteiger partial charge is 0.343 e. The molecule has 1 saturated heterocycles. The number of imidazole rings is 1. The number of likely N-dealkylation sites (tertiary alicyclic amines) is 1. The molecule has 1 aliphatic heterocycles. The SMILES string of the molecule is CNC(C)(C)c1cncn1CCC(=O)N1CCCCC1. The zero-order valence-corrected chi connectivity index (χ0v) is 12.9. The van der Waals surface area contributed by atoms with E-state index < -0.39 is 0 Å². The van der Waals surface area contributed by atoms with Crippen molar-refractivity contribution in [3.05, 3.63) is 18.2 Å². The third kappa shape index (κ3) is 3.39. The summed E-state index contributed by atoms with van der Waals surface area (Å²) in [6.45, 7) is 6.80. The second-order valence-electron chi connectivity index (χ2n) is 6.04. The zero-order valence-electron chi connectivity index (χ0n) is 12.9. The molecule has 0 saturated carbocycles. The summed E-state index contributed by atoms with van der Waals surface area (Å²) in [7, 11) is 1.94. The van der Waals surface area contributed by atoms with Crippen LogP contribution in [0.3, 0.4) is 0 Å². The van der Waals surface area contributed by atoms with Crippen LogP contribution in [-0.4, -0.2) is 40.5 Å². The van der Waals surface area contributed by atoms with Crippen LogP contribution in [0.15, 0.2) is 12.5 Å². The molecular formula is C15H26N4O. The molecule has 1 fully saturated rings. The highest BCUT2D eigenvalue weighted by Gasteiger charge is 2.23. The van der Waals surface area contributed by atoms with Gasteiger partial charge in [-0.3, -0.25) is 4.79 Å². The summed E-state index contributed by atoms with van der Waals surface area (Å²) < 4.78 is 2.08. The molecule has 1 N–H and O–H groups in total. The molecule has 0 aliphatic carbocycles. The fourth-order valence-electron chi connectivity index (χ4n) is 2.66. The van der Waals surface area contributed by atoms with Gasteiger partial charge in [-0.05, 0) is 40.2 Å². The molecule has 2 rings (SSSR count). The summed E-state index contributed by atoms with van der Waals surface area (Å²) in [5.41, 5.74) is 0.983. The van der Waals surface area contributed by atoms with Crippen molar-refractivity contribution in [1.29, 1.82) is 0 Å². The van der Waals surface area contributed by atoms with E-state index in [4.69, 9.17) is 0 Å². The van der Waals surface area contributed by atoms with E-state index in [2.05, 4.69) is 28.7 Å². The van der Waals surface area contributed by atoms with Gasteiger partial charge in [0, 0.05) is 32.3 Å². The van der Waals surface area contributed by atoms with E-state index in [-0.39, 0.29) is 11.4 Å². The number of aromatic nitrogens is 2. The first-order valence-corrected chi connectivity index (χ1v) is 7.52. The minimum Gasteiger partial charge on any atom is -0.343 e. The van der Waals surface area contributed by atoms with Crippen LogP contribution in [0.4, 0.5) is 0 Å². The Kier molecular flexibility index (Phi) is 4.81. The Hall–Kier alpha value is -1.36. The van der Waals surface area contributed by atoms with E-state index in [1.165, 1.54) is 6.42 Å².